The summed E-state index contributed by atoms with van der Waals surface area (Å²) in [5.74, 6) is -0.105. The van der Waals surface area contributed by atoms with E-state index in [1.807, 2.05) is 38.1 Å². The van der Waals surface area contributed by atoms with E-state index in [0.29, 0.717) is 5.69 Å². The molecule has 0 aliphatic rings. The number of halogens is 1. The molecule has 1 unspecified atom stereocenters. The summed E-state index contributed by atoms with van der Waals surface area (Å²) < 4.78 is 28.5. The van der Waals surface area contributed by atoms with E-state index in [4.69, 9.17) is 0 Å². The molecule has 5 nitrogen and oxygen atoms in total. The lowest BCUT2D eigenvalue weighted by Gasteiger charge is -2.13. The smallest absolute Gasteiger partial charge is 0.261 e. The lowest BCUT2D eigenvalue weighted by molar-refractivity contribution is -0.115. The molecule has 0 saturated carbocycles. The Morgan fingerprint density at radius 3 is 2.07 bits per heavy atom. The number of aryl methyl sites for hydroxylation is 1. The monoisotopic (exact) mass is 504 g/mol. The van der Waals surface area contributed by atoms with Crippen LogP contribution < -0.4 is 10.0 Å². The summed E-state index contributed by atoms with van der Waals surface area (Å²) in [5.41, 5.74) is 2.19. The molecule has 1 amide bonds. The van der Waals surface area contributed by atoms with Crippen molar-refractivity contribution >= 4 is 55.0 Å². The zero-order valence-corrected chi connectivity index (χ0v) is 19.6. The highest BCUT2D eigenvalue weighted by Crippen LogP contribution is 2.27. The van der Waals surface area contributed by atoms with Crippen LogP contribution in [0.15, 0.2) is 87.1 Å². The molecule has 3 aromatic carbocycles. The van der Waals surface area contributed by atoms with Crippen LogP contribution in [0.3, 0.4) is 0 Å². The van der Waals surface area contributed by atoms with Crippen molar-refractivity contribution in [1.29, 1.82) is 0 Å². The van der Waals surface area contributed by atoms with E-state index < -0.39 is 10.0 Å². The molecule has 8 heteroatoms. The van der Waals surface area contributed by atoms with Crippen LogP contribution in [0.4, 0.5) is 11.4 Å². The van der Waals surface area contributed by atoms with Crippen LogP contribution in [0.5, 0.6) is 0 Å². The first-order valence-electron chi connectivity index (χ1n) is 9.15. The van der Waals surface area contributed by atoms with Crippen LogP contribution in [0.2, 0.25) is 0 Å². The Bertz CT molecular complexity index is 1110. The van der Waals surface area contributed by atoms with Crippen molar-refractivity contribution in [3.8, 4) is 0 Å². The second-order valence-corrected chi connectivity index (χ2v) is 10.7. The second-order valence-electron chi connectivity index (χ2n) is 6.70. The molecule has 2 N–H and O–H groups in total. The molecule has 3 aromatic rings. The molecule has 1 atom stereocenters. The normalized spacial score (nSPS) is 12.2. The Labute approximate surface area is 189 Å². The number of anilines is 2. The third-order valence-corrected chi connectivity index (χ3v) is 7.27. The van der Waals surface area contributed by atoms with Crippen molar-refractivity contribution in [2.24, 2.45) is 0 Å². The summed E-state index contributed by atoms with van der Waals surface area (Å²) in [7, 11) is -3.64. The standard InChI is InChI=1S/C22H21BrN2O3S2/c1-15-3-13-21(14-4-15)30(27,28)25-19-9-11-20(12-10-19)29-16(2)22(26)24-18-7-5-17(23)6-8-18/h3-14,16,25H,1-2H3,(H,24,26). The third kappa shape index (κ3) is 6.10. The lowest BCUT2D eigenvalue weighted by atomic mass is 10.2. The van der Waals surface area contributed by atoms with E-state index in [1.165, 1.54) is 11.8 Å². The van der Waals surface area contributed by atoms with Gasteiger partial charge in [-0.1, -0.05) is 33.6 Å². The molecule has 0 spiro atoms. The predicted molar refractivity (Wildman–Crippen MR) is 127 cm³/mol. The van der Waals surface area contributed by atoms with Gasteiger partial charge in [0.2, 0.25) is 5.91 Å². The Hall–Kier alpha value is -2.29. The first kappa shape index (κ1) is 22.4. The molecule has 156 valence electrons. The Morgan fingerprint density at radius 1 is 0.900 bits per heavy atom. The minimum absolute atomic E-state index is 0.105. The fourth-order valence-electron chi connectivity index (χ4n) is 2.57. The minimum atomic E-state index is -3.64. The van der Waals surface area contributed by atoms with Crippen molar-refractivity contribution in [3.05, 3.63) is 82.8 Å². The highest BCUT2D eigenvalue weighted by atomic mass is 79.9. The van der Waals surface area contributed by atoms with Gasteiger partial charge < -0.3 is 5.32 Å². The van der Waals surface area contributed by atoms with Gasteiger partial charge in [0.05, 0.1) is 10.1 Å². The molecule has 0 heterocycles. The molecule has 3 rings (SSSR count). The van der Waals surface area contributed by atoms with Crippen LogP contribution in [0.1, 0.15) is 12.5 Å². The number of rotatable bonds is 7. The third-order valence-electron chi connectivity index (χ3n) is 4.23. The van der Waals surface area contributed by atoms with Gasteiger partial charge in [0, 0.05) is 20.7 Å². The maximum Gasteiger partial charge on any atom is 0.261 e. The number of amides is 1. The van der Waals surface area contributed by atoms with Gasteiger partial charge in [0.1, 0.15) is 0 Å². The van der Waals surface area contributed by atoms with Crippen LogP contribution >= 0.6 is 27.7 Å². The van der Waals surface area contributed by atoms with Gasteiger partial charge in [-0.3, -0.25) is 9.52 Å². The van der Waals surface area contributed by atoms with Crippen LogP contribution in [-0.4, -0.2) is 19.6 Å². The summed E-state index contributed by atoms with van der Waals surface area (Å²) in [6, 6.07) is 21.0. The molecular formula is C22H21BrN2O3S2. The average molecular weight is 505 g/mol. The largest absolute Gasteiger partial charge is 0.325 e. The van der Waals surface area contributed by atoms with Crippen molar-refractivity contribution in [1.82, 2.24) is 0 Å². The average Bonchev–Trinajstić information content (AvgIpc) is 2.71. The number of carbonyl (C=O) groups excluding carboxylic acids is 1. The van der Waals surface area contributed by atoms with Crippen LogP contribution in [0, 0.1) is 6.92 Å². The maximum atomic E-state index is 12.5. The fourth-order valence-corrected chi connectivity index (χ4v) is 4.76. The van der Waals surface area contributed by atoms with E-state index in [0.717, 1.165) is 20.6 Å². The molecule has 0 aliphatic carbocycles. The highest BCUT2D eigenvalue weighted by Gasteiger charge is 2.16. The number of hydrogen-bond donors (Lipinski definition) is 2. The van der Waals surface area contributed by atoms with E-state index >= 15 is 0 Å². The number of nitrogens with one attached hydrogen (secondary N) is 2. The van der Waals surface area contributed by atoms with Crippen molar-refractivity contribution in [2.75, 3.05) is 10.0 Å². The molecule has 0 saturated heterocycles. The van der Waals surface area contributed by atoms with Gasteiger partial charge in [0.15, 0.2) is 0 Å². The SMILES string of the molecule is Cc1ccc(S(=O)(=O)Nc2ccc(SC(C)C(=O)Nc3ccc(Br)cc3)cc2)cc1. The summed E-state index contributed by atoms with van der Waals surface area (Å²) >= 11 is 4.77. The number of hydrogen-bond acceptors (Lipinski definition) is 4. The number of thioether (sulfide) groups is 1. The fraction of sp³-hybridized carbons (Fsp3) is 0.136. The topological polar surface area (TPSA) is 75.3 Å². The molecule has 0 radical (unpaired) electrons. The van der Waals surface area contributed by atoms with E-state index in [-0.39, 0.29) is 16.1 Å². The summed E-state index contributed by atoms with van der Waals surface area (Å²) in [5, 5.41) is 2.57. The summed E-state index contributed by atoms with van der Waals surface area (Å²) in [4.78, 5) is 13.5. The zero-order chi connectivity index (χ0) is 21.7. The Kier molecular flexibility index (Phi) is 7.23. The molecule has 0 fully saturated rings. The van der Waals surface area contributed by atoms with E-state index in [9.17, 15) is 13.2 Å². The van der Waals surface area contributed by atoms with Crippen LogP contribution in [-0.2, 0) is 14.8 Å². The highest BCUT2D eigenvalue weighted by molar-refractivity contribution is 9.10. The minimum Gasteiger partial charge on any atom is -0.325 e. The van der Waals surface area contributed by atoms with Gasteiger partial charge >= 0.3 is 0 Å². The Morgan fingerprint density at radius 2 is 1.47 bits per heavy atom. The lowest BCUT2D eigenvalue weighted by Crippen LogP contribution is -2.22. The Balaban J connectivity index is 1.60. The maximum absolute atomic E-state index is 12.5. The molecule has 0 aromatic heterocycles. The summed E-state index contributed by atoms with van der Waals surface area (Å²) in [6.45, 7) is 3.73. The van der Waals surface area contributed by atoms with Gasteiger partial charge in [0.25, 0.3) is 10.0 Å². The number of carbonyl (C=O) groups is 1. The first-order valence-corrected chi connectivity index (χ1v) is 12.3. The second kappa shape index (κ2) is 9.68. The number of benzene rings is 3. The van der Waals surface area contributed by atoms with Crippen LogP contribution in [0.25, 0.3) is 0 Å². The van der Waals surface area contributed by atoms with Crippen molar-refractivity contribution < 1.29 is 13.2 Å². The van der Waals surface area contributed by atoms with E-state index in [2.05, 4.69) is 26.0 Å². The molecule has 0 aliphatic heterocycles. The predicted octanol–water partition coefficient (Wildman–Crippen LogP) is 5.68. The van der Waals surface area contributed by atoms with Gasteiger partial charge in [-0.2, -0.15) is 0 Å². The van der Waals surface area contributed by atoms with Gasteiger partial charge in [-0.05, 0) is 74.5 Å². The summed E-state index contributed by atoms with van der Waals surface area (Å²) in [6.07, 6.45) is 0. The first-order chi connectivity index (χ1) is 14.2. The number of sulfonamides is 1. The quantitative estimate of drug-likeness (QED) is 0.406. The zero-order valence-electron chi connectivity index (χ0n) is 16.4. The van der Waals surface area contributed by atoms with Crippen molar-refractivity contribution in [3.63, 3.8) is 0 Å². The molecule has 30 heavy (non-hydrogen) atoms. The van der Waals surface area contributed by atoms with Gasteiger partial charge in [-0.25, -0.2) is 8.42 Å². The van der Waals surface area contributed by atoms with Gasteiger partial charge in [-0.15, -0.1) is 11.8 Å². The molecular weight excluding hydrogens is 484 g/mol. The van der Waals surface area contributed by atoms with E-state index in [1.54, 1.807) is 48.5 Å². The van der Waals surface area contributed by atoms with Crippen molar-refractivity contribution in [2.45, 2.75) is 28.9 Å². The molecule has 0 bridgehead atoms.